The van der Waals surface area contributed by atoms with E-state index in [1.54, 1.807) is 11.8 Å². The standard InChI is InChI=1S/C10H20N2O3S/c1-3-4-8(7-9(13)14)12-10(15)11-5-6-16-2/h8H,3-7H2,1-2H3,(H,13,14)(H2,11,12,15). The first-order valence-electron chi connectivity index (χ1n) is 5.35. The summed E-state index contributed by atoms with van der Waals surface area (Å²) >= 11 is 1.65. The van der Waals surface area contributed by atoms with E-state index in [1.165, 1.54) is 0 Å². The summed E-state index contributed by atoms with van der Waals surface area (Å²) in [6, 6.07) is -0.564. The van der Waals surface area contributed by atoms with Gasteiger partial charge in [-0.15, -0.1) is 0 Å². The van der Waals surface area contributed by atoms with E-state index in [4.69, 9.17) is 5.11 Å². The molecule has 0 radical (unpaired) electrons. The van der Waals surface area contributed by atoms with Crippen molar-refractivity contribution in [1.29, 1.82) is 0 Å². The maximum atomic E-state index is 11.4. The SMILES string of the molecule is CCCC(CC(=O)O)NC(=O)NCCSC. The molecule has 0 aromatic heterocycles. The summed E-state index contributed by atoms with van der Waals surface area (Å²) in [7, 11) is 0. The molecule has 0 bridgehead atoms. The van der Waals surface area contributed by atoms with E-state index in [9.17, 15) is 9.59 Å². The van der Waals surface area contributed by atoms with E-state index in [1.807, 2.05) is 13.2 Å². The molecule has 1 atom stereocenters. The van der Waals surface area contributed by atoms with Crippen LogP contribution in [0.5, 0.6) is 0 Å². The van der Waals surface area contributed by atoms with Crippen LogP contribution in [-0.2, 0) is 4.79 Å². The maximum Gasteiger partial charge on any atom is 0.315 e. The molecule has 94 valence electrons. The molecule has 0 aliphatic rings. The Hall–Kier alpha value is -0.910. The Kier molecular flexibility index (Phi) is 8.80. The predicted molar refractivity (Wildman–Crippen MR) is 65.9 cm³/mol. The Balaban J connectivity index is 3.87. The normalized spacial score (nSPS) is 11.9. The number of aliphatic carboxylic acids is 1. The molecular formula is C10H20N2O3S. The number of carbonyl (C=O) groups is 2. The van der Waals surface area contributed by atoms with E-state index >= 15 is 0 Å². The lowest BCUT2D eigenvalue weighted by molar-refractivity contribution is -0.137. The Morgan fingerprint density at radius 1 is 1.44 bits per heavy atom. The van der Waals surface area contributed by atoms with Crippen LogP contribution in [0.2, 0.25) is 0 Å². The average molecular weight is 248 g/mol. The van der Waals surface area contributed by atoms with Crippen molar-refractivity contribution in [2.24, 2.45) is 0 Å². The van der Waals surface area contributed by atoms with Crippen molar-refractivity contribution in [1.82, 2.24) is 10.6 Å². The summed E-state index contributed by atoms with van der Waals surface area (Å²) in [4.78, 5) is 21.9. The fraction of sp³-hybridized carbons (Fsp3) is 0.800. The number of hydrogen-bond donors (Lipinski definition) is 3. The van der Waals surface area contributed by atoms with Crippen molar-refractivity contribution >= 4 is 23.8 Å². The predicted octanol–water partition coefficient (Wildman–Crippen LogP) is 1.29. The molecule has 0 saturated carbocycles. The number of rotatable bonds is 8. The summed E-state index contributed by atoms with van der Waals surface area (Å²) in [5.41, 5.74) is 0. The summed E-state index contributed by atoms with van der Waals surface area (Å²) in [6.45, 7) is 2.56. The molecule has 0 fully saturated rings. The van der Waals surface area contributed by atoms with Crippen molar-refractivity contribution in [2.75, 3.05) is 18.6 Å². The number of amides is 2. The second kappa shape index (κ2) is 9.33. The molecule has 0 heterocycles. The van der Waals surface area contributed by atoms with Gasteiger partial charge >= 0.3 is 12.0 Å². The zero-order valence-electron chi connectivity index (χ0n) is 9.78. The lowest BCUT2D eigenvalue weighted by Gasteiger charge is -2.16. The Labute approximate surface area is 100 Å². The van der Waals surface area contributed by atoms with Crippen LogP contribution in [0.1, 0.15) is 26.2 Å². The van der Waals surface area contributed by atoms with E-state index < -0.39 is 5.97 Å². The van der Waals surface area contributed by atoms with Crippen LogP contribution in [0.15, 0.2) is 0 Å². The fourth-order valence-corrected chi connectivity index (χ4v) is 1.59. The molecule has 0 aliphatic carbocycles. The smallest absolute Gasteiger partial charge is 0.315 e. The zero-order chi connectivity index (χ0) is 12.4. The Morgan fingerprint density at radius 2 is 2.12 bits per heavy atom. The van der Waals surface area contributed by atoms with Crippen molar-refractivity contribution in [2.45, 2.75) is 32.2 Å². The van der Waals surface area contributed by atoms with Gasteiger partial charge in [-0.25, -0.2) is 4.79 Å². The lowest BCUT2D eigenvalue weighted by Crippen LogP contribution is -2.43. The van der Waals surface area contributed by atoms with Gasteiger partial charge in [-0.1, -0.05) is 13.3 Å². The van der Waals surface area contributed by atoms with E-state index in [2.05, 4.69) is 10.6 Å². The number of carboxylic acids is 1. The minimum Gasteiger partial charge on any atom is -0.481 e. The number of carbonyl (C=O) groups excluding carboxylic acids is 1. The quantitative estimate of drug-likeness (QED) is 0.566. The average Bonchev–Trinajstić information content (AvgIpc) is 2.17. The van der Waals surface area contributed by atoms with Gasteiger partial charge in [0.15, 0.2) is 0 Å². The summed E-state index contributed by atoms with van der Waals surface area (Å²) in [5, 5.41) is 14.0. The van der Waals surface area contributed by atoms with Gasteiger partial charge in [-0.3, -0.25) is 4.79 Å². The third-order valence-corrected chi connectivity index (χ3v) is 2.60. The first kappa shape index (κ1) is 15.1. The van der Waals surface area contributed by atoms with E-state index in [0.29, 0.717) is 13.0 Å². The van der Waals surface area contributed by atoms with Crippen molar-refractivity contribution in [3.63, 3.8) is 0 Å². The van der Waals surface area contributed by atoms with Crippen molar-refractivity contribution in [3.8, 4) is 0 Å². The molecule has 0 aromatic carbocycles. The van der Waals surface area contributed by atoms with Gasteiger partial charge in [0, 0.05) is 18.3 Å². The second-order valence-electron chi connectivity index (χ2n) is 3.48. The summed E-state index contributed by atoms with van der Waals surface area (Å²) in [6.07, 6.45) is 3.47. The van der Waals surface area contributed by atoms with Crippen LogP contribution >= 0.6 is 11.8 Å². The molecule has 0 rings (SSSR count). The molecule has 0 aliphatic heterocycles. The Morgan fingerprint density at radius 3 is 2.62 bits per heavy atom. The second-order valence-corrected chi connectivity index (χ2v) is 4.46. The minimum absolute atomic E-state index is 0.0240. The van der Waals surface area contributed by atoms with Crippen molar-refractivity contribution in [3.05, 3.63) is 0 Å². The van der Waals surface area contributed by atoms with Crippen LogP contribution in [0, 0.1) is 0 Å². The monoisotopic (exact) mass is 248 g/mol. The van der Waals surface area contributed by atoms with Crippen LogP contribution in [0.25, 0.3) is 0 Å². The highest BCUT2D eigenvalue weighted by Gasteiger charge is 2.14. The molecule has 0 saturated heterocycles. The number of thioether (sulfide) groups is 1. The minimum atomic E-state index is -0.886. The number of hydrogen-bond acceptors (Lipinski definition) is 3. The van der Waals surface area contributed by atoms with Gasteiger partial charge in [-0.2, -0.15) is 11.8 Å². The third kappa shape index (κ3) is 8.40. The lowest BCUT2D eigenvalue weighted by atomic mass is 10.1. The van der Waals surface area contributed by atoms with E-state index in [0.717, 1.165) is 12.2 Å². The molecule has 16 heavy (non-hydrogen) atoms. The molecule has 1 unspecified atom stereocenters. The largest absolute Gasteiger partial charge is 0.481 e. The van der Waals surface area contributed by atoms with Crippen LogP contribution in [0.3, 0.4) is 0 Å². The highest BCUT2D eigenvalue weighted by Crippen LogP contribution is 2.01. The van der Waals surface area contributed by atoms with Gasteiger partial charge in [0.2, 0.25) is 0 Å². The van der Waals surface area contributed by atoms with Gasteiger partial charge in [0.1, 0.15) is 0 Å². The first-order valence-corrected chi connectivity index (χ1v) is 6.74. The van der Waals surface area contributed by atoms with E-state index in [-0.39, 0.29) is 18.5 Å². The number of nitrogens with one attached hydrogen (secondary N) is 2. The zero-order valence-corrected chi connectivity index (χ0v) is 10.6. The highest BCUT2D eigenvalue weighted by atomic mass is 32.2. The van der Waals surface area contributed by atoms with Gasteiger partial charge in [0.25, 0.3) is 0 Å². The van der Waals surface area contributed by atoms with Crippen molar-refractivity contribution < 1.29 is 14.7 Å². The molecule has 0 aromatic rings. The Bertz CT molecular complexity index is 224. The topological polar surface area (TPSA) is 78.4 Å². The van der Waals surface area contributed by atoms with Gasteiger partial charge in [-0.05, 0) is 12.7 Å². The summed E-state index contributed by atoms with van der Waals surface area (Å²) in [5.74, 6) is -0.0343. The first-order chi connectivity index (χ1) is 7.60. The molecule has 6 heteroatoms. The van der Waals surface area contributed by atoms with Gasteiger partial charge < -0.3 is 15.7 Å². The van der Waals surface area contributed by atoms with Crippen LogP contribution in [0.4, 0.5) is 4.79 Å². The van der Waals surface area contributed by atoms with Crippen LogP contribution in [-0.4, -0.2) is 41.7 Å². The molecule has 0 spiro atoms. The summed E-state index contributed by atoms with van der Waals surface area (Å²) < 4.78 is 0. The highest BCUT2D eigenvalue weighted by molar-refractivity contribution is 7.98. The maximum absolute atomic E-state index is 11.4. The van der Waals surface area contributed by atoms with Gasteiger partial charge in [0.05, 0.1) is 6.42 Å². The third-order valence-electron chi connectivity index (χ3n) is 1.99. The fourth-order valence-electron chi connectivity index (χ4n) is 1.29. The molecule has 5 nitrogen and oxygen atoms in total. The number of carboxylic acid groups (broad SMARTS) is 1. The number of urea groups is 1. The molecule has 2 amide bonds. The molecular weight excluding hydrogens is 228 g/mol. The van der Waals surface area contributed by atoms with Crippen LogP contribution < -0.4 is 10.6 Å². The molecule has 3 N–H and O–H groups in total.